The van der Waals surface area contributed by atoms with Crippen LogP contribution in [0.3, 0.4) is 0 Å². The molecule has 0 bridgehead atoms. The molecule has 0 aromatic heterocycles. The Kier molecular flexibility index (Phi) is 2.54. The third kappa shape index (κ3) is 1.56. The van der Waals surface area contributed by atoms with E-state index < -0.39 is 0 Å². The number of carbonyl (C=O) groups is 2. The molecule has 2 amide bonds. The molecule has 0 aromatic carbocycles. The fourth-order valence-electron chi connectivity index (χ4n) is 1.03. The second-order valence-electron chi connectivity index (χ2n) is 2.47. The summed E-state index contributed by atoms with van der Waals surface area (Å²) in [6, 6.07) is 0. The Balaban J connectivity index is 2.68. The van der Waals surface area contributed by atoms with Crippen LogP contribution in [0, 0.1) is 0 Å². The summed E-state index contributed by atoms with van der Waals surface area (Å²) < 4.78 is 1.42. The minimum atomic E-state index is -0.178. The largest absolute Gasteiger partial charge is 0.273 e. The van der Waals surface area contributed by atoms with Gasteiger partial charge in [-0.25, -0.2) is 0 Å². The van der Waals surface area contributed by atoms with E-state index in [2.05, 4.69) is 0 Å². The van der Waals surface area contributed by atoms with Gasteiger partial charge >= 0.3 is 0 Å². The number of hydrogen-bond acceptors (Lipinski definition) is 2. The number of carbonyl (C=O) groups excluding carboxylic acids is 2. The molecule has 1 saturated heterocycles. The van der Waals surface area contributed by atoms with E-state index in [0.29, 0.717) is 12.8 Å². The van der Waals surface area contributed by atoms with Gasteiger partial charge in [-0.05, 0) is 6.92 Å². The predicted molar refractivity (Wildman–Crippen MR) is 44.9 cm³/mol. The highest BCUT2D eigenvalue weighted by Gasteiger charge is 2.39. The van der Waals surface area contributed by atoms with Gasteiger partial charge in [-0.3, -0.25) is 9.59 Å². The highest BCUT2D eigenvalue weighted by Crippen LogP contribution is 2.16. The first-order valence-corrected chi connectivity index (χ1v) is 5.41. The van der Waals surface area contributed by atoms with Crippen LogP contribution in [0.4, 0.5) is 0 Å². The van der Waals surface area contributed by atoms with Crippen LogP contribution in [-0.4, -0.2) is 28.1 Å². The van der Waals surface area contributed by atoms with E-state index in [4.69, 9.17) is 0 Å². The molecule has 62 valence electrons. The zero-order valence-electron chi connectivity index (χ0n) is 6.79. The minimum absolute atomic E-state index is 0.00248. The molecule has 1 atom stereocenters. The van der Waals surface area contributed by atoms with E-state index in [1.165, 1.54) is 4.31 Å². The Bertz CT molecular complexity index is 177. The van der Waals surface area contributed by atoms with Gasteiger partial charge in [0, 0.05) is 12.8 Å². The maximum atomic E-state index is 11.1. The van der Waals surface area contributed by atoms with Crippen molar-refractivity contribution in [1.29, 1.82) is 0 Å². The molecule has 0 aromatic rings. The summed E-state index contributed by atoms with van der Waals surface area (Å²) in [5.41, 5.74) is 0. The lowest BCUT2D eigenvalue weighted by molar-refractivity contribution is -0.132. The van der Waals surface area contributed by atoms with Crippen LogP contribution in [0.5, 0.6) is 0 Å². The molecule has 11 heavy (non-hydrogen) atoms. The normalized spacial score (nSPS) is 21.1. The molecule has 0 aliphatic carbocycles. The van der Waals surface area contributed by atoms with Crippen LogP contribution in [0.15, 0.2) is 0 Å². The highest BCUT2D eigenvalue weighted by atomic mass is 32.2. The van der Waals surface area contributed by atoms with Crippen LogP contribution in [0.2, 0.25) is 0 Å². The lowest BCUT2D eigenvalue weighted by Crippen LogP contribution is -2.35. The van der Waals surface area contributed by atoms with E-state index in [9.17, 15) is 9.59 Å². The maximum Gasteiger partial charge on any atom is 0.273 e. The van der Waals surface area contributed by atoms with Gasteiger partial charge in [0.15, 0.2) is 0 Å². The third-order valence-electron chi connectivity index (χ3n) is 1.74. The Morgan fingerprint density at radius 1 is 1.36 bits per heavy atom. The van der Waals surface area contributed by atoms with Crippen LogP contribution in [0.1, 0.15) is 19.8 Å². The van der Waals surface area contributed by atoms with Crippen LogP contribution in [-0.2, 0) is 20.7 Å². The summed E-state index contributed by atoms with van der Waals surface area (Å²) in [6.45, 7) is 1.99. The average Bonchev–Trinajstić information content (AvgIpc) is 2.30. The molecule has 1 rings (SSSR count). The first kappa shape index (κ1) is 8.59. The Morgan fingerprint density at radius 3 is 2.18 bits per heavy atom. The van der Waals surface area contributed by atoms with Crippen LogP contribution < -0.4 is 0 Å². The van der Waals surface area contributed by atoms with E-state index in [1.807, 2.05) is 13.2 Å². The SMILES string of the molecule is CC[S+](C)N1C(=O)CCC1=O. The first-order chi connectivity index (χ1) is 5.16. The summed E-state index contributed by atoms with van der Waals surface area (Å²) in [5, 5.41) is 0. The molecule has 3 nitrogen and oxygen atoms in total. The number of imide groups is 1. The van der Waals surface area contributed by atoms with Crippen molar-refractivity contribution in [1.82, 2.24) is 4.31 Å². The zero-order valence-corrected chi connectivity index (χ0v) is 7.61. The van der Waals surface area contributed by atoms with Crippen molar-refractivity contribution < 1.29 is 9.59 Å². The summed E-state index contributed by atoms with van der Waals surface area (Å²) >= 11 is -0.178. The molecule has 0 N–H and O–H groups in total. The molecule has 1 fully saturated rings. The number of rotatable bonds is 2. The van der Waals surface area contributed by atoms with Crippen molar-refractivity contribution in [3.05, 3.63) is 0 Å². The maximum absolute atomic E-state index is 11.1. The van der Waals surface area contributed by atoms with Crippen molar-refractivity contribution >= 4 is 22.9 Å². The summed E-state index contributed by atoms with van der Waals surface area (Å²) in [6.07, 6.45) is 2.76. The first-order valence-electron chi connectivity index (χ1n) is 3.65. The molecular weight excluding hydrogens is 162 g/mol. The zero-order chi connectivity index (χ0) is 8.43. The van der Waals surface area contributed by atoms with E-state index in [1.54, 1.807) is 0 Å². The van der Waals surface area contributed by atoms with Gasteiger partial charge in [0.25, 0.3) is 11.8 Å². The van der Waals surface area contributed by atoms with Crippen LogP contribution >= 0.6 is 0 Å². The third-order valence-corrected chi connectivity index (χ3v) is 3.60. The van der Waals surface area contributed by atoms with Gasteiger partial charge in [-0.2, -0.15) is 0 Å². The number of nitrogens with zero attached hydrogens (tertiary/aromatic N) is 1. The summed E-state index contributed by atoms with van der Waals surface area (Å²) in [5.74, 6) is 0.877. The summed E-state index contributed by atoms with van der Waals surface area (Å²) in [4.78, 5) is 22.2. The lowest BCUT2D eigenvalue weighted by Gasteiger charge is -2.08. The predicted octanol–water partition coefficient (Wildman–Crippen LogP) is 0.318. The van der Waals surface area contributed by atoms with Gasteiger partial charge < -0.3 is 0 Å². The topological polar surface area (TPSA) is 37.4 Å². The molecule has 1 aliphatic heterocycles. The molecule has 0 saturated carbocycles. The Morgan fingerprint density at radius 2 is 1.82 bits per heavy atom. The van der Waals surface area contributed by atoms with E-state index in [0.717, 1.165) is 5.75 Å². The van der Waals surface area contributed by atoms with Crippen molar-refractivity contribution in [2.24, 2.45) is 0 Å². The van der Waals surface area contributed by atoms with Crippen molar-refractivity contribution in [2.75, 3.05) is 12.0 Å². The van der Waals surface area contributed by atoms with Gasteiger partial charge in [-0.15, -0.1) is 0 Å². The fourth-order valence-corrected chi connectivity index (χ4v) is 2.17. The second-order valence-corrected chi connectivity index (χ2v) is 4.61. The van der Waals surface area contributed by atoms with Gasteiger partial charge in [0.2, 0.25) is 0 Å². The molecule has 4 heteroatoms. The van der Waals surface area contributed by atoms with Crippen molar-refractivity contribution in [3.63, 3.8) is 0 Å². The smallest absolute Gasteiger partial charge is 0.270 e. The fraction of sp³-hybridized carbons (Fsp3) is 0.714. The molecule has 1 heterocycles. The number of amides is 2. The molecule has 0 spiro atoms. The summed E-state index contributed by atoms with van der Waals surface area (Å²) in [7, 11) is 0. The van der Waals surface area contributed by atoms with E-state index >= 15 is 0 Å². The number of hydrogen-bond donors (Lipinski definition) is 0. The second kappa shape index (κ2) is 3.26. The van der Waals surface area contributed by atoms with Crippen molar-refractivity contribution in [3.8, 4) is 0 Å². The minimum Gasteiger partial charge on any atom is -0.270 e. The molecule has 1 aliphatic rings. The highest BCUT2D eigenvalue weighted by molar-refractivity contribution is 7.95. The van der Waals surface area contributed by atoms with Crippen molar-refractivity contribution in [2.45, 2.75) is 19.8 Å². The van der Waals surface area contributed by atoms with Crippen LogP contribution in [0.25, 0.3) is 0 Å². The van der Waals surface area contributed by atoms with E-state index in [-0.39, 0.29) is 22.9 Å². The molecule has 0 radical (unpaired) electrons. The van der Waals surface area contributed by atoms with Gasteiger partial charge in [-0.1, -0.05) is 4.31 Å². The molecular formula is C7H12NO2S+. The monoisotopic (exact) mass is 174 g/mol. The van der Waals surface area contributed by atoms with Gasteiger partial charge in [0.05, 0.1) is 0 Å². The quantitative estimate of drug-likeness (QED) is 0.446. The molecule has 1 unspecified atom stereocenters. The Labute approximate surface area is 69.2 Å². The standard InChI is InChI=1S/C7H12NO2S/c1-3-11(2)8-6(9)4-5-7(8)10/h3-5H2,1-2H3/q+1. The van der Waals surface area contributed by atoms with Gasteiger partial charge in [0.1, 0.15) is 23.1 Å². The lowest BCUT2D eigenvalue weighted by atomic mass is 10.4. The average molecular weight is 174 g/mol. The Hall–Kier alpha value is -0.510.